The zero-order chi connectivity index (χ0) is 13.2. The average molecular weight is 243 g/mol. The van der Waals surface area contributed by atoms with Crippen molar-refractivity contribution >= 4 is 5.97 Å². The molecule has 3 N–H and O–H groups in total. The van der Waals surface area contributed by atoms with Gasteiger partial charge in [0.1, 0.15) is 0 Å². The van der Waals surface area contributed by atoms with Crippen LogP contribution >= 0.6 is 0 Å². The predicted octanol–water partition coefficient (Wildman–Crippen LogP) is 1.89. The molecule has 0 amide bonds. The Morgan fingerprint density at radius 3 is 2.56 bits per heavy atom. The van der Waals surface area contributed by atoms with Crippen LogP contribution in [0.4, 0.5) is 0 Å². The summed E-state index contributed by atoms with van der Waals surface area (Å²) in [6, 6.07) is 7.42. The third-order valence-corrected chi connectivity index (χ3v) is 3.89. The maximum Gasteiger partial charge on any atom is 0.314 e. The Morgan fingerprint density at radius 1 is 1.39 bits per heavy atom. The van der Waals surface area contributed by atoms with Gasteiger partial charge in [0.05, 0.1) is 5.41 Å². The third kappa shape index (κ3) is 2.00. The number of aliphatic carboxylic acids is 1. The quantitative estimate of drug-likeness (QED) is 0.780. The first kappa shape index (κ1) is 12.7. The molecule has 0 spiro atoms. The van der Waals surface area contributed by atoms with Crippen molar-refractivity contribution in [3.05, 3.63) is 35.4 Å². The van der Waals surface area contributed by atoms with E-state index in [1.807, 2.05) is 18.2 Å². The smallest absolute Gasteiger partial charge is 0.314 e. The molecule has 0 atom stereocenters. The highest BCUT2D eigenvalue weighted by Gasteiger charge is 2.43. The average Bonchev–Trinajstić information content (AvgIpc) is 2.39. The van der Waals surface area contributed by atoms with Crippen LogP contribution in [0, 0.1) is 12.3 Å². The predicted molar refractivity (Wildman–Crippen MR) is 70.1 cm³/mol. The van der Waals surface area contributed by atoms with E-state index in [0.29, 0.717) is 18.4 Å². The van der Waals surface area contributed by atoms with Crippen molar-refractivity contribution in [3.8, 4) is 12.3 Å². The molecule has 1 aliphatic rings. The first-order chi connectivity index (χ1) is 8.60. The van der Waals surface area contributed by atoms with Gasteiger partial charge in [-0.2, -0.15) is 0 Å². The van der Waals surface area contributed by atoms with E-state index in [2.05, 4.69) is 5.92 Å². The van der Waals surface area contributed by atoms with Gasteiger partial charge in [0.25, 0.3) is 0 Å². The fraction of sp³-hybridized carbons (Fsp3) is 0.400. The summed E-state index contributed by atoms with van der Waals surface area (Å²) in [5.41, 5.74) is 6.44. The number of carbonyl (C=O) groups is 1. The lowest BCUT2D eigenvalue weighted by atomic mass is 9.67. The van der Waals surface area contributed by atoms with Crippen molar-refractivity contribution in [2.24, 2.45) is 5.73 Å². The zero-order valence-electron chi connectivity index (χ0n) is 10.2. The summed E-state index contributed by atoms with van der Waals surface area (Å²) in [5.74, 6) is 1.79. The summed E-state index contributed by atoms with van der Waals surface area (Å²) in [4.78, 5) is 11.7. The number of carboxylic acid groups (broad SMARTS) is 1. The topological polar surface area (TPSA) is 63.3 Å². The van der Waals surface area contributed by atoms with E-state index in [4.69, 9.17) is 12.2 Å². The van der Waals surface area contributed by atoms with E-state index in [9.17, 15) is 9.90 Å². The summed E-state index contributed by atoms with van der Waals surface area (Å²) < 4.78 is 0. The van der Waals surface area contributed by atoms with Gasteiger partial charge in [-0.3, -0.25) is 4.79 Å². The van der Waals surface area contributed by atoms with Gasteiger partial charge in [0.15, 0.2) is 0 Å². The SMILES string of the molecule is C#Cc1ccccc1C1(C(=O)O)CCC(N)CC1. The molecule has 94 valence electrons. The van der Waals surface area contributed by atoms with Gasteiger partial charge in [-0.15, -0.1) is 6.42 Å². The first-order valence-corrected chi connectivity index (χ1v) is 6.15. The second kappa shape index (κ2) is 4.83. The number of hydrogen-bond acceptors (Lipinski definition) is 2. The van der Waals surface area contributed by atoms with Crippen molar-refractivity contribution in [2.75, 3.05) is 0 Å². The summed E-state index contributed by atoms with van der Waals surface area (Å²) >= 11 is 0. The standard InChI is InChI=1S/C15H17NO2/c1-2-11-5-3-4-6-13(11)15(14(17)18)9-7-12(16)8-10-15/h1,3-6,12H,7-10,16H2,(H,17,18). The summed E-state index contributed by atoms with van der Waals surface area (Å²) in [7, 11) is 0. The normalized spacial score (nSPS) is 27.4. The Morgan fingerprint density at radius 2 is 2.00 bits per heavy atom. The zero-order valence-corrected chi connectivity index (χ0v) is 10.2. The van der Waals surface area contributed by atoms with Crippen molar-refractivity contribution < 1.29 is 9.90 Å². The highest BCUT2D eigenvalue weighted by molar-refractivity contribution is 5.82. The van der Waals surface area contributed by atoms with Gasteiger partial charge in [0.2, 0.25) is 0 Å². The Balaban J connectivity index is 2.49. The molecular formula is C15H17NO2. The van der Waals surface area contributed by atoms with Crippen molar-refractivity contribution in [1.29, 1.82) is 0 Å². The third-order valence-electron chi connectivity index (χ3n) is 3.89. The lowest BCUT2D eigenvalue weighted by Crippen LogP contribution is -2.43. The lowest BCUT2D eigenvalue weighted by molar-refractivity contribution is -0.145. The van der Waals surface area contributed by atoms with E-state index in [1.165, 1.54) is 0 Å². The van der Waals surface area contributed by atoms with Gasteiger partial charge < -0.3 is 10.8 Å². The Kier molecular flexibility index (Phi) is 3.40. The first-order valence-electron chi connectivity index (χ1n) is 6.15. The number of rotatable bonds is 2. The van der Waals surface area contributed by atoms with E-state index in [1.54, 1.807) is 6.07 Å². The molecular weight excluding hydrogens is 226 g/mol. The molecule has 0 aliphatic heterocycles. The highest BCUT2D eigenvalue weighted by atomic mass is 16.4. The second-order valence-electron chi connectivity index (χ2n) is 4.91. The molecule has 0 saturated heterocycles. The molecule has 18 heavy (non-hydrogen) atoms. The van der Waals surface area contributed by atoms with Gasteiger partial charge >= 0.3 is 5.97 Å². The van der Waals surface area contributed by atoms with Crippen LogP contribution in [-0.2, 0) is 10.2 Å². The molecule has 2 rings (SSSR count). The molecule has 1 fully saturated rings. The highest BCUT2D eigenvalue weighted by Crippen LogP contribution is 2.40. The van der Waals surface area contributed by atoms with Crippen LogP contribution in [0.15, 0.2) is 24.3 Å². The molecule has 3 nitrogen and oxygen atoms in total. The van der Waals surface area contributed by atoms with E-state index < -0.39 is 11.4 Å². The molecule has 1 saturated carbocycles. The molecule has 0 radical (unpaired) electrons. The molecule has 1 aromatic carbocycles. The minimum absolute atomic E-state index is 0.107. The summed E-state index contributed by atoms with van der Waals surface area (Å²) in [6.45, 7) is 0. The molecule has 0 unspecified atom stereocenters. The van der Waals surface area contributed by atoms with Crippen LogP contribution in [0.2, 0.25) is 0 Å². The molecule has 1 aliphatic carbocycles. The fourth-order valence-corrected chi connectivity index (χ4v) is 2.76. The van der Waals surface area contributed by atoms with Gasteiger partial charge in [-0.1, -0.05) is 24.1 Å². The van der Waals surface area contributed by atoms with Crippen LogP contribution in [-0.4, -0.2) is 17.1 Å². The van der Waals surface area contributed by atoms with Crippen molar-refractivity contribution in [3.63, 3.8) is 0 Å². The van der Waals surface area contributed by atoms with Crippen LogP contribution in [0.25, 0.3) is 0 Å². The number of terminal acetylenes is 1. The minimum Gasteiger partial charge on any atom is -0.481 e. The molecule has 0 heterocycles. The monoisotopic (exact) mass is 243 g/mol. The maximum absolute atomic E-state index is 11.7. The van der Waals surface area contributed by atoms with E-state index in [-0.39, 0.29) is 6.04 Å². The van der Waals surface area contributed by atoms with E-state index in [0.717, 1.165) is 18.4 Å². The fourth-order valence-electron chi connectivity index (χ4n) is 2.76. The largest absolute Gasteiger partial charge is 0.481 e. The Hall–Kier alpha value is -1.79. The van der Waals surface area contributed by atoms with Crippen LogP contribution in [0.5, 0.6) is 0 Å². The summed E-state index contributed by atoms with van der Waals surface area (Å²) in [6.07, 6.45) is 8.05. The number of nitrogens with two attached hydrogens (primary N) is 1. The number of benzene rings is 1. The van der Waals surface area contributed by atoms with Gasteiger partial charge in [-0.25, -0.2) is 0 Å². The molecule has 1 aromatic rings. The van der Waals surface area contributed by atoms with Crippen LogP contribution in [0.3, 0.4) is 0 Å². The number of carboxylic acids is 1. The molecule has 0 aromatic heterocycles. The lowest BCUT2D eigenvalue weighted by Gasteiger charge is -2.36. The van der Waals surface area contributed by atoms with Crippen molar-refractivity contribution in [2.45, 2.75) is 37.1 Å². The van der Waals surface area contributed by atoms with Crippen LogP contribution in [0.1, 0.15) is 36.8 Å². The molecule has 0 bridgehead atoms. The summed E-state index contributed by atoms with van der Waals surface area (Å²) in [5, 5.41) is 9.64. The number of hydrogen-bond donors (Lipinski definition) is 2. The van der Waals surface area contributed by atoms with Gasteiger partial charge in [-0.05, 0) is 37.3 Å². The van der Waals surface area contributed by atoms with Gasteiger partial charge in [0, 0.05) is 11.6 Å². The minimum atomic E-state index is -0.862. The molecule has 3 heteroatoms. The van der Waals surface area contributed by atoms with Crippen LogP contribution < -0.4 is 5.73 Å². The van der Waals surface area contributed by atoms with Crippen molar-refractivity contribution in [1.82, 2.24) is 0 Å². The Bertz CT molecular complexity index is 493. The van der Waals surface area contributed by atoms with E-state index >= 15 is 0 Å². The maximum atomic E-state index is 11.7. The second-order valence-corrected chi connectivity index (χ2v) is 4.91. The Labute approximate surface area is 107 Å².